The Morgan fingerprint density at radius 3 is 1.25 bits per heavy atom. The van der Waals surface area contributed by atoms with Gasteiger partial charge in [-0.3, -0.25) is 0 Å². The molecule has 0 fully saturated rings. The van der Waals surface area contributed by atoms with Crippen molar-refractivity contribution >= 4 is 12.5 Å². The van der Waals surface area contributed by atoms with Crippen molar-refractivity contribution in [1.82, 2.24) is 0 Å². The number of hydrogen-bond donors (Lipinski definition) is 0. The third kappa shape index (κ3) is 9.00. The minimum absolute atomic E-state index is 0. The Balaban J connectivity index is -0.000000000833. The average molecular weight is 128 g/mol. The van der Waals surface area contributed by atoms with Gasteiger partial charge in [0.1, 0.15) is 0 Å². The molecule has 0 atom stereocenters. The van der Waals surface area contributed by atoms with Crippen LogP contribution in [-0.4, -0.2) is 4.21 Å². The zero-order valence-electron chi connectivity index (χ0n) is 4.82. The van der Waals surface area contributed by atoms with Crippen LogP contribution in [0.15, 0.2) is 0 Å². The second kappa shape index (κ2) is 16.3. The Bertz CT molecular complexity index is 11.5. The Kier molecular flexibility index (Phi) is 63.7. The van der Waals surface area contributed by atoms with Gasteiger partial charge in [0.2, 0.25) is 0 Å². The summed E-state index contributed by atoms with van der Waals surface area (Å²) in [4.78, 5) is 0. The smallest absolute Gasteiger partial charge is 1.00 e. The molecule has 0 amide bonds. The van der Waals surface area contributed by atoms with Gasteiger partial charge in [0.25, 0.3) is 0 Å². The largest absolute Gasteiger partial charge is 1.00 e. The molecule has 0 aliphatic carbocycles. The molecule has 0 aromatic rings. The summed E-state index contributed by atoms with van der Waals surface area (Å²) in [5.74, 6) is 0. The number of hydrogen-bond acceptors (Lipinski definition) is 2. The molecule has 4 heteroatoms. The van der Waals surface area contributed by atoms with Gasteiger partial charge in [-0.25, -0.2) is 0 Å². The van der Waals surface area contributed by atoms with Gasteiger partial charge in [-0.2, -0.15) is 4.21 Å². The summed E-state index contributed by atoms with van der Waals surface area (Å²) in [6, 6.07) is 0. The SMILES string of the molecule is O=S.[H-].[H-].[K+].[K+]. The standard InChI is InChI=1S/2K.OS.2H/c;;1-2;;/q2*+1;;2*-1. The van der Waals surface area contributed by atoms with Gasteiger partial charge in [0, 0.05) is 0 Å². The molecule has 0 saturated heterocycles. The maximum absolute atomic E-state index is 7.83. The Labute approximate surface area is 119 Å². The topological polar surface area (TPSA) is 17.1 Å². The van der Waals surface area contributed by atoms with Crippen molar-refractivity contribution in [3.05, 3.63) is 0 Å². The van der Waals surface area contributed by atoms with Crippen molar-refractivity contribution in [1.29, 1.82) is 0 Å². The molecule has 16 valence electrons. The normalized spacial score (nSPS) is 1.00. The maximum atomic E-state index is 7.83. The number of rotatable bonds is 0. The molecule has 0 aromatic heterocycles. The van der Waals surface area contributed by atoms with Crippen LogP contribution in [0.5, 0.6) is 0 Å². The third-order valence-electron chi connectivity index (χ3n) is 0. The van der Waals surface area contributed by atoms with E-state index in [1.807, 2.05) is 0 Å². The van der Waals surface area contributed by atoms with Gasteiger partial charge >= 0.3 is 103 Å². The Morgan fingerprint density at radius 2 is 1.25 bits per heavy atom. The van der Waals surface area contributed by atoms with Crippen molar-refractivity contribution in [2.75, 3.05) is 0 Å². The van der Waals surface area contributed by atoms with Crippen molar-refractivity contribution in [3.8, 4) is 0 Å². The van der Waals surface area contributed by atoms with Crippen LogP contribution in [0.3, 0.4) is 0 Å². The fourth-order valence-electron chi connectivity index (χ4n) is 0. The first kappa shape index (κ1) is 15.7. The van der Waals surface area contributed by atoms with E-state index in [-0.39, 0.29) is 106 Å². The van der Waals surface area contributed by atoms with E-state index in [2.05, 4.69) is 12.5 Å². The molecule has 0 aromatic carbocycles. The van der Waals surface area contributed by atoms with Crippen molar-refractivity contribution in [2.45, 2.75) is 0 Å². The maximum Gasteiger partial charge on any atom is 1.00 e. The monoisotopic (exact) mass is 128 g/mol. The Hall–Kier alpha value is 3.29. The van der Waals surface area contributed by atoms with Crippen LogP contribution in [0, 0.1) is 0 Å². The van der Waals surface area contributed by atoms with Crippen LogP contribution < -0.4 is 103 Å². The van der Waals surface area contributed by atoms with Crippen LogP contribution in [0.1, 0.15) is 2.85 Å². The quantitative estimate of drug-likeness (QED) is 0.302. The van der Waals surface area contributed by atoms with Crippen molar-refractivity contribution in [2.24, 2.45) is 0 Å². The van der Waals surface area contributed by atoms with Crippen LogP contribution in [0.25, 0.3) is 0 Å². The van der Waals surface area contributed by atoms with E-state index in [0.717, 1.165) is 0 Å². The minimum atomic E-state index is 0. The summed E-state index contributed by atoms with van der Waals surface area (Å²) >= 11 is 2.83. The second-order valence-corrected chi connectivity index (χ2v) is 0. The molecular weight excluding hydrogens is 126 g/mol. The fourth-order valence-corrected chi connectivity index (χ4v) is 0. The molecule has 1 nitrogen and oxygen atoms in total. The summed E-state index contributed by atoms with van der Waals surface area (Å²) < 4.78 is 7.83. The molecular formula is H2K2OS. The van der Waals surface area contributed by atoms with Gasteiger partial charge in [-0.05, 0) is 0 Å². The molecule has 0 N–H and O–H groups in total. The predicted molar refractivity (Wildman–Crippen MR) is 10.4 cm³/mol. The van der Waals surface area contributed by atoms with Crippen LogP contribution in [-0.2, 0) is 12.5 Å². The van der Waals surface area contributed by atoms with Gasteiger partial charge in [-0.1, -0.05) is 0 Å². The second-order valence-electron chi connectivity index (χ2n) is 0. The Morgan fingerprint density at radius 1 is 1.25 bits per heavy atom. The fraction of sp³-hybridized carbons (Fsp3) is 0. The van der Waals surface area contributed by atoms with Crippen LogP contribution in [0.2, 0.25) is 0 Å². The van der Waals surface area contributed by atoms with Crippen molar-refractivity contribution < 1.29 is 110 Å². The van der Waals surface area contributed by atoms with Gasteiger partial charge < -0.3 is 2.85 Å². The molecule has 0 aliphatic rings. The average Bonchev–Trinajstić information content (AvgIpc) is 1.00. The van der Waals surface area contributed by atoms with Crippen molar-refractivity contribution in [3.63, 3.8) is 0 Å². The summed E-state index contributed by atoms with van der Waals surface area (Å²) in [5, 5.41) is 0. The van der Waals surface area contributed by atoms with E-state index in [4.69, 9.17) is 4.21 Å². The molecule has 0 radical (unpaired) electrons. The van der Waals surface area contributed by atoms with Gasteiger partial charge in [0.05, 0.1) is 0 Å². The molecule has 4 heavy (non-hydrogen) atoms. The summed E-state index contributed by atoms with van der Waals surface area (Å²) in [6.07, 6.45) is 0. The third-order valence-corrected chi connectivity index (χ3v) is 0. The molecule has 0 heterocycles. The molecule has 0 unspecified atom stereocenters. The van der Waals surface area contributed by atoms with E-state index in [9.17, 15) is 0 Å². The zero-order valence-corrected chi connectivity index (χ0v) is 9.88. The zero-order chi connectivity index (χ0) is 2.00. The van der Waals surface area contributed by atoms with E-state index in [1.165, 1.54) is 0 Å². The molecule has 0 rings (SSSR count). The molecule has 0 spiro atoms. The molecule has 0 aliphatic heterocycles. The molecule has 0 bridgehead atoms. The predicted octanol–water partition coefficient (Wildman–Crippen LogP) is -6.10. The van der Waals surface area contributed by atoms with E-state index in [1.54, 1.807) is 0 Å². The first-order valence-corrected chi connectivity index (χ1v) is 0.500. The summed E-state index contributed by atoms with van der Waals surface area (Å²) in [7, 11) is 0. The first-order valence-electron chi connectivity index (χ1n) is 0.167. The van der Waals surface area contributed by atoms with E-state index < -0.39 is 0 Å². The summed E-state index contributed by atoms with van der Waals surface area (Å²) in [6.45, 7) is 0. The van der Waals surface area contributed by atoms with Gasteiger partial charge in [-0.15, -0.1) is 0 Å². The van der Waals surface area contributed by atoms with E-state index >= 15 is 0 Å². The van der Waals surface area contributed by atoms with E-state index in [0.29, 0.717) is 0 Å². The van der Waals surface area contributed by atoms with Crippen LogP contribution in [0.4, 0.5) is 0 Å². The molecule has 0 saturated carbocycles. The van der Waals surface area contributed by atoms with Gasteiger partial charge in [0.15, 0.2) is 12.5 Å². The van der Waals surface area contributed by atoms with Crippen LogP contribution >= 0.6 is 0 Å². The summed E-state index contributed by atoms with van der Waals surface area (Å²) in [5.41, 5.74) is 0. The first-order chi connectivity index (χ1) is 1.00. The minimum Gasteiger partial charge on any atom is -1.00 e.